The molecule has 1 aromatic heterocycles. The number of ether oxygens (including phenoxy) is 1. The van der Waals surface area contributed by atoms with Crippen molar-refractivity contribution in [2.45, 2.75) is 0 Å². The highest BCUT2D eigenvalue weighted by molar-refractivity contribution is 9.10. The summed E-state index contributed by atoms with van der Waals surface area (Å²) >= 11 is 3.27. The van der Waals surface area contributed by atoms with Crippen LogP contribution in [-0.4, -0.2) is 9.91 Å². The minimum Gasteiger partial charge on any atom is -0.432 e. The van der Waals surface area contributed by atoms with Crippen molar-refractivity contribution in [3.8, 4) is 17.7 Å². The molecule has 2 rings (SSSR count). The molecule has 0 radical (unpaired) electrons. The van der Waals surface area contributed by atoms with Crippen LogP contribution in [-0.2, 0) is 0 Å². The lowest BCUT2D eigenvalue weighted by atomic mass is 10.3. The second-order valence-corrected chi connectivity index (χ2v) is 4.30. The molecule has 0 fully saturated rings. The Morgan fingerprint density at radius 3 is 2.79 bits per heavy atom. The predicted octanol–water partition coefficient (Wildman–Crippen LogP) is 3.42. The van der Waals surface area contributed by atoms with Gasteiger partial charge in [-0.1, -0.05) is 12.1 Å². The molecule has 0 bridgehead atoms. The van der Waals surface area contributed by atoms with Gasteiger partial charge in [0.2, 0.25) is 0 Å². The molecule has 0 aliphatic carbocycles. The van der Waals surface area contributed by atoms with Crippen LogP contribution in [0.5, 0.6) is 11.6 Å². The van der Waals surface area contributed by atoms with Crippen LogP contribution in [0.3, 0.4) is 0 Å². The zero-order chi connectivity index (χ0) is 13.8. The fraction of sp³-hybridized carbons (Fsp3) is 0. The fourth-order valence-corrected chi connectivity index (χ4v) is 1.71. The average Bonchev–Trinajstić information content (AvgIpc) is 2.41. The van der Waals surface area contributed by atoms with Gasteiger partial charge in [0.25, 0.3) is 5.88 Å². The van der Waals surface area contributed by atoms with Crippen molar-refractivity contribution in [2.75, 3.05) is 0 Å². The Balaban J connectivity index is 2.43. The van der Waals surface area contributed by atoms with Gasteiger partial charge in [0.1, 0.15) is 11.8 Å². The number of nitrogens with zero attached hydrogens (tertiary/aromatic N) is 3. The summed E-state index contributed by atoms with van der Waals surface area (Å²) in [5.74, 6) is 0.249. The average molecular weight is 320 g/mol. The van der Waals surface area contributed by atoms with E-state index in [1.54, 1.807) is 30.3 Å². The van der Waals surface area contributed by atoms with Crippen LogP contribution in [0, 0.1) is 21.4 Å². The van der Waals surface area contributed by atoms with Crippen LogP contribution >= 0.6 is 15.9 Å². The molecule has 7 heteroatoms. The maximum Gasteiger partial charge on any atom is 0.332 e. The molecule has 0 aliphatic heterocycles. The number of hydrogen-bond donors (Lipinski definition) is 0. The molecule has 0 saturated carbocycles. The van der Waals surface area contributed by atoms with Crippen molar-refractivity contribution in [3.05, 3.63) is 56.7 Å². The molecule has 0 aliphatic rings. The van der Waals surface area contributed by atoms with E-state index in [-0.39, 0.29) is 17.1 Å². The van der Waals surface area contributed by atoms with Crippen molar-refractivity contribution >= 4 is 21.6 Å². The van der Waals surface area contributed by atoms with Crippen molar-refractivity contribution in [1.82, 2.24) is 4.98 Å². The monoisotopic (exact) mass is 319 g/mol. The van der Waals surface area contributed by atoms with Crippen LogP contribution in [0.25, 0.3) is 0 Å². The van der Waals surface area contributed by atoms with Gasteiger partial charge in [-0.05, 0) is 28.1 Å². The Labute approximate surface area is 116 Å². The van der Waals surface area contributed by atoms with Crippen LogP contribution in [0.15, 0.2) is 41.0 Å². The third kappa shape index (κ3) is 2.86. The lowest BCUT2D eigenvalue weighted by molar-refractivity contribution is -0.386. The van der Waals surface area contributed by atoms with E-state index in [4.69, 9.17) is 10.00 Å². The fourth-order valence-electron chi connectivity index (χ4n) is 1.34. The zero-order valence-corrected chi connectivity index (χ0v) is 11.0. The highest BCUT2D eigenvalue weighted by Crippen LogP contribution is 2.33. The lowest BCUT2D eigenvalue weighted by Gasteiger charge is -2.06. The largest absolute Gasteiger partial charge is 0.432 e. The number of nitro groups is 1. The molecule has 2 aromatic rings. The summed E-state index contributed by atoms with van der Waals surface area (Å²) in [4.78, 5) is 14.1. The third-order valence-electron chi connectivity index (χ3n) is 2.20. The summed E-state index contributed by atoms with van der Waals surface area (Å²) in [6.45, 7) is 0. The second kappa shape index (κ2) is 5.46. The first-order valence-corrected chi connectivity index (χ1v) is 5.88. The molecule has 1 heterocycles. The Kier molecular flexibility index (Phi) is 3.73. The van der Waals surface area contributed by atoms with E-state index in [1.807, 2.05) is 0 Å². The first-order chi connectivity index (χ1) is 9.11. The number of pyridine rings is 1. The topological polar surface area (TPSA) is 89.0 Å². The first-order valence-electron chi connectivity index (χ1n) is 5.08. The summed E-state index contributed by atoms with van der Waals surface area (Å²) in [5.41, 5.74) is -0.249. The standard InChI is InChI=1S/C12H6BrN3O3/c13-9-3-1-2-4-11(9)19-12-10(16(17)18)5-8(6-14)7-15-12/h1-5,7H. The van der Waals surface area contributed by atoms with Crippen LogP contribution in [0.4, 0.5) is 5.69 Å². The van der Waals surface area contributed by atoms with Gasteiger partial charge in [-0.3, -0.25) is 10.1 Å². The van der Waals surface area contributed by atoms with Crippen molar-refractivity contribution in [1.29, 1.82) is 5.26 Å². The van der Waals surface area contributed by atoms with Gasteiger partial charge in [-0.15, -0.1) is 0 Å². The normalized spacial score (nSPS) is 9.68. The first kappa shape index (κ1) is 13.0. The smallest absolute Gasteiger partial charge is 0.332 e. The number of rotatable bonds is 3. The SMILES string of the molecule is N#Cc1cnc(Oc2ccccc2Br)c([N+](=O)[O-])c1. The van der Waals surface area contributed by atoms with Crippen LogP contribution in [0.1, 0.15) is 5.56 Å². The summed E-state index contributed by atoms with van der Waals surface area (Å²) < 4.78 is 6.04. The van der Waals surface area contributed by atoms with Gasteiger partial charge >= 0.3 is 5.69 Å². The molecule has 0 spiro atoms. The zero-order valence-electron chi connectivity index (χ0n) is 9.41. The summed E-state index contributed by atoms with van der Waals surface area (Å²) in [6, 6.07) is 9.83. The highest BCUT2D eigenvalue weighted by Gasteiger charge is 2.19. The second-order valence-electron chi connectivity index (χ2n) is 3.45. The lowest BCUT2D eigenvalue weighted by Crippen LogP contribution is -1.97. The summed E-state index contributed by atoms with van der Waals surface area (Å²) in [5, 5.41) is 19.6. The van der Waals surface area contributed by atoms with Gasteiger partial charge in [-0.2, -0.15) is 5.26 Å². The van der Waals surface area contributed by atoms with E-state index in [9.17, 15) is 10.1 Å². The minimum atomic E-state index is -0.639. The van der Waals surface area contributed by atoms with Crippen molar-refractivity contribution in [2.24, 2.45) is 0 Å². The van der Waals surface area contributed by atoms with Crippen molar-refractivity contribution < 1.29 is 9.66 Å². The molecule has 0 atom stereocenters. The summed E-state index contributed by atoms with van der Waals surface area (Å²) in [6.07, 6.45) is 1.22. The van der Waals surface area contributed by atoms with E-state index in [0.717, 1.165) is 6.07 Å². The highest BCUT2D eigenvalue weighted by atomic mass is 79.9. The van der Waals surface area contributed by atoms with Gasteiger partial charge in [0, 0.05) is 12.3 Å². The molecule has 0 unspecified atom stereocenters. The van der Waals surface area contributed by atoms with Gasteiger partial charge < -0.3 is 4.74 Å². The Morgan fingerprint density at radius 1 is 1.42 bits per heavy atom. The molecule has 0 saturated heterocycles. The number of para-hydroxylation sites is 1. The maximum absolute atomic E-state index is 10.9. The Bertz CT molecular complexity index is 682. The molecule has 94 valence electrons. The van der Waals surface area contributed by atoms with Crippen LogP contribution in [0.2, 0.25) is 0 Å². The number of nitriles is 1. The number of hydrogen-bond acceptors (Lipinski definition) is 5. The molecule has 0 N–H and O–H groups in total. The Hall–Kier alpha value is -2.46. The van der Waals surface area contributed by atoms with Crippen molar-refractivity contribution in [3.63, 3.8) is 0 Å². The predicted molar refractivity (Wildman–Crippen MR) is 69.8 cm³/mol. The molecule has 0 amide bonds. The van der Waals surface area contributed by atoms with E-state index in [1.165, 1.54) is 6.20 Å². The van der Waals surface area contributed by atoms with E-state index < -0.39 is 4.92 Å². The van der Waals surface area contributed by atoms with Gasteiger partial charge in [0.15, 0.2) is 0 Å². The number of benzene rings is 1. The maximum atomic E-state index is 10.9. The quantitative estimate of drug-likeness (QED) is 0.638. The number of halogens is 1. The van der Waals surface area contributed by atoms with Gasteiger partial charge in [0.05, 0.1) is 15.0 Å². The molecule has 6 nitrogen and oxygen atoms in total. The van der Waals surface area contributed by atoms with E-state index in [0.29, 0.717) is 10.2 Å². The molecule has 1 aromatic carbocycles. The third-order valence-corrected chi connectivity index (χ3v) is 2.86. The number of aromatic nitrogens is 1. The Morgan fingerprint density at radius 2 is 2.16 bits per heavy atom. The molecular weight excluding hydrogens is 314 g/mol. The minimum absolute atomic E-state index is 0.103. The summed E-state index contributed by atoms with van der Waals surface area (Å²) in [7, 11) is 0. The molecule has 19 heavy (non-hydrogen) atoms. The molecular formula is C12H6BrN3O3. The van der Waals surface area contributed by atoms with Crippen LogP contribution < -0.4 is 4.74 Å². The van der Waals surface area contributed by atoms with E-state index in [2.05, 4.69) is 20.9 Å². The van der Waals surface area contributed by atoms with Gasteiger partial charge in [-0.25, -0.2) is 4.98 Å². The van der Waals surface area contributed by atoms with E-state index >= 15 is 0 Å².